The maximum absolute atomic E-state index is 6.09. The van der Waals surface area contributed by atoms with E-state index in [9.17, 15) is 0 Å². The minimum atomic E-state index is 0.754. The van der Waals surface area contributed by atoms with Crippen molar-refractivity contribution < 1.29 is 0 Å². The van der Waals surface area contributed by atoms with Gasteiger partial charge in [0.05, 0.1) is 11.0 Å². The van der Waals surface area contributed by atoms with Crippen molar-refractivity contribution >= 4 is 44.2 Å². The van der Waals surface area contributed by atoms with Gasteiger partial charge < -0.3 is 4.57 Å². The van der Waals surface area contributed by atoms with E-state index < -0.39 is 0 Å². The molecule has 1 aromatic heterocycles. The van der Waals surface area contributed by atoms with Crippen LogP contribution in [0.15, 0.2) is 109 Å². The Morgan fingerprint density at radius 1 is 0.500 bits per heavy atom. The zero-order valence-corrected chi connectivity index (χ0v) is 17.0. The molecule has 0 spiro atoms. The molecule has 0 saturated heterocycles. The summed E-state index contributed by atoms with van der Waals surface area (Å²) in [6.07, 6.45) is 0. The fraction of sp³-hybridized carbons (Fsp3) is 0. The first-order valence-corrected chi connectivity index (χ1v) is 10.4. The summed E-state index contributed by atoms with van der Waals surface area (Å²) in [5.74, 6) is 0. The van der Waals surface area contributed by atoms with Gasteiger partial charge in [-0.3, -0.25) is 0 Å². The molecule has 5 aromatic carbocycles. The zero-order valence-electron chi connectivity index (χ0n) is 16.2. The molecule has 6 aromatic rings. The summed E-state index contributed by atoms with van der Waals surface area (Å²) in [6.45, 7) is 0. The number of nitrogens with zero attached hydrogens (tertiary/aromatic N) is 1. The minimum Gasteiger partial charge on any atom is -0.309 e. The highest BCUT2D eigenvalue weighted by atomic mass is 35.5. The van der Waals surface area contributed by atoms with Crippen LogP contribution in [0, 0.1) is 0 Å². The fourth-order valence-corrected chi connectivity index (χ4v) is 4.53. The SMILES string of the molecule is Clc1ccc(-c2cccc(-n3c4ccccc4c4cc5ccccc5cc43)c2)cc1. The zero-order chi connectivity index (χ0) is 20.1. The van der Waals surface area contributed by atoms with Gasteiger partial charge in [0, 0.05) is 21.5 Å². The van der Waals surface area contributed by atoms with Gasteiger partial charge in [0.1, 0.15) is 0 Å². The number of benzene rings is 5. The van der Waals surface area contributed by atoms with Crippen molar-refractivity contribution in [3.8, 4) is 16.8 Å². The normalized spacial score (nSPS) is 11.5. The number of aromatic nitrogens is 1. The molecule has 0 saturated carbocycles. The smallest absolute Gasteiger partial charge is 0.0547 e. The standard InChI is InChI=1S/C28H18ClN/c29-23-14-12-19(13-15-23)20-8-5-9-24(16-20)30-27-11-4-3-10-25(27)26-17-21-6-1-2-7-22(21)18-28(26)30/h1-18H. The third kappa shape index (κ3) is 2.71. The highest BCUT2D eigenvalue weighted by Crippen LogP contribution is 2.35. The predicted molar refractivity (Wildman–Crippen MR) is 129 cm³/mol. The van der Waals surface area contributed by atoms with E-state index in [1.165, 1.54) is 38.1 Å². The molecule has 0 unspecified atom stereocenters. The molecular weight excluding hydrogens is 386 g/mol. The lowest BCUT2D eigenvalue weighted by molar-refractivity contribution is 1.18. The lowest BCUT2D eigenvalue weighted by Crippen LogP contribution is -1.94. The van der Waals surface area contributed by atoms with E-state index in [1.54, 1.807) is 0 Å². The molecule has 6 rings (SSSR count). The van der Waals surface area contributed by atoms with Crippen LogP contribution in [-0.2, 0) is 0 Å². The molecule has 0 aliphatic carbocycles. The first-order chi connectivity index (χ1) is 14.8. The van der Waals surface area contributed by atoms with Crippen molar-refractivity contribution in [3.05, 3.63) is 114 Å². The summed E-state index contributed by atoms with van der Waals surface area (Å²) in [5.41, 5.74) is 5.94. The van der Waals surface area contributed by atoms with Gasteiger partial charge in [0.15, 0.2) is 0 Å². The fourth-order valence-electron chi connectivity index (χ4n) is 4.40. The van der Waals surface area contributed by atoms with Crippen molar-refractivity contribution in [3.63, 3.8) is 0 Å². The van der Waals surface area contributed by atoms with E-state index in [-0.39, 0.29) is 0 Å². The molecule has 0 bridgehead atoms. The number of hydrogen-bond acceptors (Lipinski definition) is 0. The molecule has 0 radical (unpaired) electrons. The van der Waals surface area contributed by atoms with Crippen LogP contribution in [0.5, 0.6) is 0 Å². The summed E-state index contributed by atoms with van der Waals surface area (Å²) in [7, 11) is 0. The lowest BCUT2D eigenvalue weighted by Gasteiger charge is -2.11. The Morgan fingerprint density at radius 3 is 2.07 bits per heavy atom. The molecule has 142 valence electrons. The molecule has 2 heteroatoms. The molecular formula is C28H18ClN. The Hall–Kier alpha value is -3.55. The lowest BCUT2D eigenvalue weighted by atomic mass is 10.0. The number of halogens is 1. The van der Waals surface area contributed by atoms with Crippen LogP contribution in [0.25, 0.3) is 49.4 Å². The van der Waals surface area contributed by atoms with Gasteiger partial charge in [-0.15, -0.1) is 0 Å². The van der Waals surface area contributed by atoms with E-state index in [0.717, 1.165) is 16.3 Å². The first kappa shape index (κ1) is 17.3. The van der Waals surface area contributed by atoms with Gasteiger partial charge in [-0.25, -0.2) is 0 Å². The average Bonchev–Trinajstić information content (AvgIpc) is 3.11. The van der Waals surface area contributed by atoms with Crippen molar-refractivity contribution in [1.82, 2.24) is 4.57 Å². The van der Waals surface area contributed by atoms with Crippen LogP contribution >= 0.6 is 11.6 Å². The molecule has 1 heterocycles. The van der Waals surface area contributed by atoms with Crippen LogP contribution in [-0.4, -0.2) is 4.57 Å². The van der Waals surface area contributed by atoms with Crippen molar-refractivity contribution in [2.75, 3.05) is 0 Å². The molecule has 0 aliphatic rings. The van der Waals surface area contributed by atoms with Crippen LogP contribution in [0.1, 0.15) is 0 Å². The minimum absolute atomic E-state index is 0.754. The Morgan fingerprint density at radius 2 is 1.23 bits per heavy atom. The predicted octanol–water partition coefficient (Wildman–Crippen LogP) is 8.26. The van der Waals surface area contributed by atoms with Crippen LogP contribution < -0.4 is 0 Å². The number of para-hydroxylation sites is 1. The van der Waals surface area contributed by atoms with E-state index in [4.69, 9.17) is 11.6 Å². The Labute approximate surface area is 179 Å². The van der Waals surface area contributed by atoms with Crippen molar-refractivity contribution in [2.24, 2.45) is 0 Å². The van der Waals surface area contributed by atoms with Gasteiger partial charge in [0.2, 0.25) is 0 Å². The summed E-state index contributed by atoms with van der Waals surface area (Å²) in [4.78, 5) is 0. The summed E-state index contributed by atoms with van der Waals surface area (Å²) in [5, 5.41) is 5.83. The van der Waals surface area contributed by atoms with Gasteiger partial charge in [-0.2, -0.15) is 0 Å². The maximum atomic E-state index is 6.09. The molecule has 0 aliphatic heterocycles. The van der Waals surface area contributed by atoms with Crippen molar-refractivity contribution in [2.45, 2.75) is 0 Å². The first-order valence-electron chi connectivity index (χ1n) is 10.1. The second-order valence-corrected chi connectivity index (χ2v) is 8.06. The van der Waals surface area contributed by atoms with E-state index in [1.807, 2.05) is 12.1 Å². The van der Waals surface area contributed by atoms with Crippen LogP contribution in [0.4, 0.5) is 0 Å². The maximum Gasteiger partial charge on any atom is 0.0547 e. The van der Waals surface area contributed by atoms with Gasteiger partial charge in [-0.1, -0.05) is 78.3 Å². The van der Waals surface area contributed by atoms with Crippen molar-refractivity contribution in [1.29, 1.82) is 0 Å². The summed E-state index contributed by atoms with van der Waals surface area (Å²) in [6, 6.07) is 38.6. The number of hydrogen-bond donors (Lipinski definition) is 0. The largest absolute Gasteiger partial charge is 0.309 e. The van der Waals surface area contributed by atoms with E-state index >= 15 is 0 Å². The Balaban J connectivity index is 1.66. The van der Waals surface area contributed by atoms with Crippen LogP contribution in [0.2, 0.25) is 5.02 Å². The molecule has 0 fully saturated rings. The van der Waals surface area contributed by atoms with Gasteiger partial charge >= 0.3 is 0 Å². The van der Waals surface area contributed by atoms with E-state index in [0.29, 0.717) is 0 Å². The highest BCUT2D eigenvalue weighted by Gasteiger charge is 2.13. The van der Waals surface area contributed by atoms with Crippen LogP contribution in [0.3, 0.4) is 0 Å². The monoisotopic (exact) mass is 403 g/mol. The second kappa shape index (κ2) is 6.76. The molecule has 0 N–H and O–H groups in total. The highest BCUT2D eigenvalue weighted by molar-refractivity contribution is 6.30. The van der Waals surface area contributed by atoms with Gasteiger partial charge in [-0.05, 0) is 64.4 Å². The molecule has 1 nitrogen and oxygen atoms in total. The summed E-state index contributed by atoms with van der Waals surface area (Å²) >= 11 is 6.09. The number of rotatable bonds is 2. The molecule has 0 amide bonds. The number of fused-ring (bicyclic) bond motifs is 4. The molecule has 30 heavy (non-hydrogen) atoms. The third-order valence-corrected chi connectivity index (χ3v) is 6.07. The Kier molecular flexibility index (Phi) is 3.90. The topological polar surface area (TPSA) is 4.93 Å². The summed E-state index contributed by atoms with van der Waals surface area (Å²) < 4.78 is 2.37. The second-order valence-electron chi connectivity index (χ2n) is 7.63. The third-order valence-electron chi connectivity index (χ3n) is 5.82. The van der Waals surface area contributed by atoms with E-state index in [2.05, 4.69) is 102 Å². The molecule has 0 atom stereocenters. The average molecular weight is 404 g/mol. The van der Waals surface area contributed by atoms with Gasteiger partial charge in [0.25, 0.3) is 0 Å². The Bertz CT molecular complexity index is 1540. The quantitative estimate of drug-likeness (QED) is 0.274.